The van der Waals surface area contributed by atoms with Gasteiger partial charge in [0.05, 0.1) is 23.2 Å². The maximum absolute atomic E-state index is 11.0. The van der Waals surface area contributed by atoms with Crippen LogP contribution in [-0.4, -0.2) is 35.7 Å². The van der Waals surface area contributed by atoms with Gasteiger partial charge in [-0.2, -0.15) is 0 Å². The molecule has 3 aliphatic rings. The summed E-state index contributed by atoms with van der Waals surface area (Å²) in [4.78, 5) is 18.4. The van der Waals surface area contributed by atoms with E-state index in [9.17, 15) is 5.11 Å². The number of nitrogens with zero attached hydrogens (tertiary/aromatic N) is 5. The molecule has 5 aromatic rings. The zero-order valence-corrected chi connectivity index (χ0v) is 20.5. The minimum Gasteiger partial charge on any atom is -0.439 e. The number of hydrogen-bond donors (Lipinski definition) is 2. The van der Waals surface area contributed by atoms with Crippen molar-refractivity contribution in [3.63, 3.8) is 0 Å². The van der Waals surface area contributed by atoms with Crippen molar-refractivity contribution in [3.8, 4) is 46.4 Å². The Bertz CT molecular complexity index is 1850. The number of aliphatic hydroxyl groups is 1. The predicted molar refractivity (Wildman–Crippen MR) is 143 cm³/mol. The number of fused-ring (bicyclic) bond motifs is 10. The summed E-state index contributed by atoms with van der Waals surface area (Å²) < 4.78 is 8.31. The van der Waals surface area contributed by atoms with Crippen LogP contribution in [0.2, 0.25) is 0 Å². The number of nitrogens with one attached hydrogen (secondary N) is 1. The van der Waals surface area contributed by atoms with Crippen molar-refractivity contribution >= 4 is 16.9 Å². The van der Waals surface area contributed by atoms with E-state index in [2.05, 4.69) is 36.8 Å². The summed E-state index contributed by atoms with van der Waals surface area (Å²) in [5.41, 5.74) is 8.62. The van der Waals surface area contributed by atoms with Crippen molar-refractivity contribution in [1.82, 2.24) is 24.5 Å². The zero-order valence-electron chi connectivity index (χ0n) is 20.5. The molecule has 0 amide bonds. The fraction of sp³-hybridized carbons (Fsp3) is 0.200. The molecule has 2 N–H and O–H groups in total. The summed E-state index contributed by atoms with van der Waals surface area (Å²) in [6, 6.07) is 13.7. The number of rotatable bonds is 2. The van der Waals surface area contributed by atoms with E-state index >= 15 is 0 Å². The molecule has 3 unspecified atom stereocenters. The van der Waals surface area contributed by atoms with E-state index in [4.69, 9.17) is 16.1 Å². The van der Waals surface area contributed by atoms with Crippen LogP contribution in [0.4, 0.5) is 5.82 Å². The highest BCUT2D eigenvalue weighted by atomic mass is 16.5. The van der Waals surface area contributed by atoms with Gasteiger partial charge in [-0.05, 0) is 54.3 Å². The molecule has 8 rings (SSSR count). The number of benzene rings is 1. The van der Waals surface area contributed by atoms with Gasteiger partial charge in [0.1, 0.15) is 29.2 Å². The molecule has 8 heteroatoms. The highest BCUT2D eigenvalue weighted by Gasteiger charge is 2.49. The van der Waals surface area contributed by atoms with Crippen molar-refractivity contribution in [1.29, 1.82) is 0 Å². The molecule has 184 valence electrons. The Kier molecular flexibility index (Phi) is 4.29. The van der Waals surface area contributed by atoms with Crippen molar-refractivity contribution in [2.45, 2.75) is 38.0 Å². The molecule has 0 radical (unpaired) electrons. The van der Waals surface area contributed by atoms with Gasteiger partial charge in [0, 0.05) is 41.5 Å². The van der Waals surface area contributed by atoms with Crippen LogP contribution < -0.4 is 10.1 Å². The van der Waals surface area contributed by atoms with E-state index in [0.717, 1.165) is 56.1 Å². The van der Waals surface area contributed by atoms with Gasteiger partial charge in [-0.1, -0.05) is 18.1 Å². The number of pyridine rings is 2. The van der Waals surface area contributed by atoms with E-state index in [0.29, 0.717) is 30.3 Å². The van der Waals surface area contributed by atoms with Gasteiger partial charge in [-0.3, -0.25) is 0 Å². The van der Waals surface area contributed by atoms with Gasteiger partial charge < -0.3 is 19.7 Å². The Balaban J connectivity index is 1.38. The lowest BCUT2D eigenvalue weighted by molar-refractivity contribution is 0.00993. The van der Waals surface area contributed by atoms with Crippen LogP contribution in [0.25, 0.3) is 33.4 Å². The summed E-state index contributed by atoms with van der Waals surface area (Å²) in [5.74, 6) is 4.85. The number of aryl methyl sites for hydroxylation is 1. The lowest BCUT2D eigenvalue weighted by Gasteiger charge is -2.47. The molecule has 0 bridgehead atoms. The van der Waals surface area contributed by atoms with E-state index in [-0.39, 0.29) is 12.0 Å². The first-order valence-corrected chi connectivity index (χ1v) is 12.6. The minimum absolute atomic E-state index is 0.123. The van der Waals surface area contributed by atoms with Crippen molar-refractivity contribution < 1.29 is 9.84 Å². The van der Waals surface area contributed by atoms with Crippen LogP contribution in [0, 0.1) is 19.3 Å². The summed E-state index contributed by atoms with van der Waals surface area (Å²) in [7, 11) is 0. The van der Waals surface area contributed by atoms with Crippen LogP contribution >= 0.6 is 0 Å². The second-order valence-corrected chi connectivity index (χ2v) is 10.1. The van der Waals surface area contributed by atoms with Crippen LogP contribution in [-0.2, 0) is 6.54 Å². The molecule has 0 saturated heterocycles. The topological polar surface area (TPSA) is 98.0 Å². The van der Waals surface area contributed by atoms with Gasteiger partial charge in [0.2, 0.25) is 5.88 Å². The van der Waals surface area contributed by atoms with Crippen molar-refractivity contribution in [3.05, 3.63) is 77.5 Å². The molecule has 1 aromatic carbocycles. The van der Waals surface area contributed by atoms with Gasteiger partial charge in [-0.15, -0.1) is 6.42 Å². The van der Waals surface area contributed by atoms with Crippen LogP contribution in [0.3, 0.4) is 0 Å². The maximum atomic E-state index is 11.0. The summed E-state index contributed by atoms with van der Waals surface area (Å²) in [6.45, 7) is 2.51. The second-order valence-electron chi connectivity index (χ2n) is 10.1. The second kappa shape index (κ2) is 7.63. The monoisotopic (exact) mass is 498 g/mol. The first-order valence-electron chi connectivity index (χ1n) is 12.6. The predicted octanol–water partition coefficient (Wildman–Crippen LogP) is 4.97. The molecule has 38 heavy (non-hydrogen) atoms. The van der Waals surface area contributed by atoms with E-state index < -0.39 is 6.10 Å². The Morgan fingerprint density at radius 1 is 1.13 bits per heavy atom. The number of hydrogen-bond acceptors (Lipinski definition) is 7. The molecule has 6 heterocycles. The molecule has 1 fully saturated rings. The number of anilines is 1. The fourth-order valence-electron chi connectivity index (χ4n) is 6.31. The van der Waals surface area contributed by atoms with Crippen molar-refractivity contribution in [2.75, 3.05) is 5.32 Å². The zero-order chi connectivity index (χ0) is 25.5. The lowest BCUT2D eigenvalue weighted by atomic mass is 9.68. The van der Waals surface area contributed by atoms with Crippen LogP contribution in [0.1, 0.15) is 40.9 Å². The lowest BCUT2D eigenvalue weighted by Crippen LogP contribution is -2.44. The van der Waals surface area contributed by atoms with E-state index in [1.54, 1.807) is 6.33 Å². The summed E-state index contributed by atoms with van der Waals surface area (Å²) in [5, 5.41) is 15.4. The first kappa shape index (κ1) is 21.4. The van der Waals surface area contributed by atoms with Gasteiger partial charge in [-0.25, -0.2) is 19.9 Å². The van der Waals surface area contributed by atoms with Gasteiger partial charge in [0.15, 0.2) is 0 Å². The smallest absolute Gasteiger partial charge is 0.219 e. The third-order valence-electron chi connectivity index (χ3n) is 8.00. The molecule has 3 atom stereocenters. The van der Waals surface area contributed by atoms with Gasteiger partial charge in [0.25, 0.3) is 0 Å². The SMILES string of the molecule is C#Cc1cc2c(cn1)-c1c3c4c(ncnc4n1C1C(O)CC21)NCc1cc(Oc2cccc(C)n2)ccc1-3. The Labute approximate surface area is 218 Å². The van der Waals surface area contributed by atoms with Gasteiger partial charge >= 0.3 is 0 Å². The van der Waals surface area contributed by atoms with Crippen LogP contribution in [0.5, 0.6) is 11.6 Å². The minimum atomic E-state index is -0.468. The van der Waals surface area contributed by atoms with Crippen molar-refractivity contribution in [2.24, 2.45) is 0 Å². The standard InChI is InChI=1S/C30H22N6O2/c1-3-17-10-20-21-11-23(37)27(21)36-28(22(20)13-31-17)25-19-8-7-18(38-24-6-4-5-15(2)35-24)9-16(19)12-32-29-26(25)30(36)34-14-33-29/h1,4-10,13-14,21,23,27,37H,11-12H2,2H3,(H,32,33,34). The molecule has 1 saturated carbocycles. The van der Waals surface area contributed by atoms with Crippen LogP contribution in [0.15, 0.2) is 55.0 Å². The largest absolute Gasteiger partial charge is 0.439 e. The highest BCUT2D eigenvalue weighted by molar-refractivity contribution is 6.10. The molecule has 2 aliphatic heterocycles. The summed E-state index contributed by atoms with van der Waals surface area (Å²) >= 11 is 0. The number of aromatic nitrogens is 5. The fourth-order valence-corrected chi connectivity index (χ4v) is 6.31. The number of terminal acetylenes is 1. The molecular weight excluding hydrogens is 476 g/mol. The number of aliphatic hydroxyl groups excluding tert-OH is 1. The Morgan fingerprint density at radius 2 is 2.05 bits per heavy atom. The highest BCUT2D eigenvalue weighted by Crippen LogP contribution is 2.59. The maximum Gasteiger partial charge on any atom is 0.219 e. The first-order chi connectivity index (χ1) is 18.6. The van der Waals surface area contributed by atoms with E-state index in [1.807, 2.05) is 49.5 Å². The molecular formula is C30H22N6O2. The Hall–Kier alpha value is -4.74. The molecule has 0 spiro atoms. The normalized spacial score (nSPS) is 20.1. The molecule has 1 aliphatic carbocycles. The average molecular weight is 499 g/mol. The average Bonchev–Trinajstić information content (AvgIpc) is 3.15. The Morgan fingerprint density at radius 3 is 2.89 bits per heavy atom. The molecule has 8 nitrogen and oxygen atoms in total. The summed E-state index contributed by atoms with van der Waals surface area (Å²) in [6.07, 6.45) is 9.38. The number of ether oxygens (including phenoxy) is 1. The molecule has 4 aromatic heterocycles. The third-order valence-corrected chi connectivity index (χ3v) is 8.00. The quantitative estimate of drug-likeness (QED) is 0.332. The third kappa shape index (κ3) is 2.85. The van der Waals surface area contributed by atoms with E-state index in [1.165, 1.54) is 0 Å².